The lowest BCUT2D eigenvalue weighted by Gasteiger charge is -2.24. The second kappa shape index (κ2) is 6.38. The highest BCUT2D eigenvalue weighted by molar-refractivity contribution is 6.10. The Kier molecular flexibility index (Phi) is 3.81. The van der Waals surface area contributed by atoms with Gasteiger partial charge in [-0.1, -0.05) is 29.8 Å². The van der Waals surface area contributed by atoms with Gasteiger partial charge in [0.2, 0.25) is 5.76 Å². The van der Waals surface area contributed by atoms with Gasteiger partial charge >= 0.3 is 0 Å². The van der Waals surface area contributed by atoms with Crippen LogP contribution in [-0.4, -0.2) is 10.9 Å². The van der Waals surface area contributed by atoms with Crippen molar-refractivity contribution >= 4 is 22.7 Å². The number of hydrogen-bond donors (Lipinski definition) is 0. The van der Waals surface area contributed by atoms with E-state index in [0.717, 1.165) is 5.56 Å². The van der Waals surface area contributed by atoms with Gasteiger partial charge in [-0.2, -0.15) is 0 Å². The third kappa shape index (κ3) is 2.64. The van der Waals surface area contributed by atoms with E-state index in [4.69, 9.17) is 4.42 Å². The summed E-state index contributed by atoms with van der Waals surface area (Å²) in [7, 11) is 0. The molecule has 4 aromatic rings. The highest BCUT2D eigenvalue weighted by atomic mass is 19.1. The summed E-state index contributed by atoms with van der Waals surface area (Å²) in [6.45, 7) is 1.88. The summed E-state index contributed by atoms with van der Waals surface area (Å²) in [4.78, 5) is 32.4. The van der Waals surface area contributed by atoms with E-state index < -0.39 is 17.8 Å². The van der Waals surface area contributed by atoms with Gasteiger partial charge in [-0.3, -0.25) is 14.5 Å². The largest absolute Gasteiger partial charge is 0.450 e. The average Bonchev–Trinajstić information content (AvgIpc) is 3.03. The molecule has 0 spiro atoms. The molecule has 0 bridgehead atoms. The van der Waals surface area contributed by atoms with E-state index >= 15 is 0 Å². The minimum absolute atomic E-state index is 0.00803. The zero-order chi connectivity index (χ0) is 20.1. The Labute approximate surface area is 165 Å². The van der Waals surface area contributed by atoms with Crippen molar-refractivity contribution in [3.8, 4) is 0 Å². The Morgan fingerprint density at radius 2 is 1.83 bits per heavy atom. The van der Waals surface area contributed by atoms with Crippen molar-refractivity contribution in [1.29, 1.82) is 0 Å². The smallest absolute Gasteiger partial charge is 0.296 e. The number of hydrogen-bond acceptors (Lipinski definition) is 4. The molecule has 1 aliphatic rings. The van der Waals surface area contributed by atoms with Gasteiger partial charge < -0.3 is 4.42 Å². The predicted molar refractivity (Wildman–Crippen MR) is 107 cm³/mol. The Morgan fingerprint density at radius 3 is 2.55 bits per heavy atom. The van der Waals surface area contributed by atoms with Crippen LogP contribution in [0.3, 0.4) is 0 Å². The third-order valence-corrected chi connectivity index (χ3v) is 5.11. The molecule has 1 amide bonds. The second-order valence-electron chi connectivity index (χ2n) is 6.99. The zero-order valence-corrected chi connectivity index (χ0v) is 15.4. The molecule has 0 N–H and O–H groups in total. The fraction of sp³-hybridized carbons (Fsp3) is 0.0870. The van der Waals surface area contributed by atoms with E-state index in [2.05, 4.69) is 4.98 Å². The van der Waals surface area contributed by atoms with E-state index in [9.17, 15) is 14.0 Å². The molecule has 5 rings (SSSR count). The number of anilines is 1. The maximum Gasteiger partial charge on any atom is 0.296 e. The van der Waals surface area contributed by atoms with Crippen LogP contribution in [0.4, 0.5) is 10.2 Å². The van der Waals surface area contributed by atoms with Gasteiger partial charge in [0, 0.05) is 6.20 Å². The Hall–Kier alpha value is -3.80. The number of aromatic nitrogens is 1. The van der Waals surface area contributed by atoms with Crippen LogP contribution in [0.2, 0.25) is 0 Å². The van der Waals surface area contributed by atoms with Crippen LogP contribution in [0.1, 0.15) is 33.3 Å². The molecular formula is C23H15FN2O3. The molecule has 1 atom stereocenters. The van der Waals surface area contributed by atoms with Crippen LogP contribution in [0, 0.1) is 12.7 Å². The molecule has 1 unspecified atom stereocenters. The van der Waals surface area contributed by atoms with Gasteiger partial charge in [0.05, 0.1) is 17.0 Å². The molecule has 1 aliphatic heterocycles. The topological polar surface area (TPSA) is 63.4 Å². The first-order chi connectivity index (χ1) is 14.0. The fourth-order valence-electron chi connectivity index (χ4n) is 3.78. The molecule has 6 heteroatoms. The van der Waals surface area contributed by atoms with Crippen LogP contribution in [-0.2, 0) is 0 Å². The van der Waals surface area contributed by atoms with Crippen LogP contribution in [0.25, 0.3) is 11.0 Å². The van der Waals surface area contributed by atoms with Crippen molar-refractivity contribution in [2.45, 2.75) is 13.0 Å². The Balaban J connectivity index is 1.83. The number of nitrogens with zero attached hydrogens (tertiary/aromatic N) is 2. The number of aryl methyl sites for hydroxylation is 1. The molecule has 0 radical (unpaired) electrons. The molecule has 29 heavy (non-hydrogen) atoms. The molecule has 0 saturated heterocycles. The van der Waals surface area contributed by atoms with Crippen LogP contribution in [0.5, 0.6) is 0 Å². The minimum atomic E-state index is -0.755. The van der Waals surface area contributed by atoms with Crippen molar-refractivity contribution in [2.24, 2.45) is 0 Å². The molecule has 5 nitrogen and oxygen atoms in total. The number of benzene rings is 2. The van der Waals surface area contributed by atoms with Crippen molar-refractivity contribution in [3.63, 3.8) is 0 Å². The maximum atomic E-state index is 13.5. The summed E-state index contributed by atoms with van der Waals surface area (Å²) >= 11 is 0. The van der Waals surface area contributed by atoms with Gasteiger partial charge in [-0.25, -0.2) is 9.37 Å². The average molecular weight is 386 g/mol. The first kappa shape index (κ1) is 17.3. The normalized spacial score (nSPS) is 15.7. The van der Waals surface area contributed by atoms with Gasteiger partial charge in [0.15, 0.2) is 5.43 Å². The number of carbonyl (C=O) groups is 1. The van der Waals surface area contributed by atoms with E-state index in [1.54, 1.807) is 48.7 Å². The third-order valence-electron chi connectivity index (χ3n) is 5.11. The van der Waals surface area contributed by atoms with Gasteiger partial charge in [0.1, 0.15) is 17.2 Å². The molecule has 0 fully saturated rings. The summed E-state index contributed by atoms with van der Waals surface area (Å²) in [5.41, 5.74) is 1.84. The zero-order valence-electron chi connectivity index (χ0n) is 15.4. The van der Waals surface area contributed by atoms with Gasteiger partial charge in [0.25, 0.3) is 5.91 Å². The SMILES string of the molecule is Cc1ccc2oc3c(c(=O)c2c1)C(c1ccc(F)cc1)N(c1ccccn1)C3=O. The maximum absolute atomic E-state index is 13.5. The van der Waals surface area contributed by atoms with Gasteiger partial charge in [-0.05, 0) is 48.9 Å². The second-order valence-corrected chi connectivity index (χ2v) is 6.99. The van der Waals surface area contributed by atoms with E-state index in [0.29, 0.717) is 22.4 Å². The number of pyridine rings is 1. The molecule has 2 aromatic heterocycles. The number of rotatable bonds is 2. The highest BCUT2D eigenvalue weighted by Gasteiger charge is 2.44. The fourth-order valence-corrected chi connectivity index (χ4v) is 3.78. The lowest BCUT2D eigenvalue weighted by Crippen LogP contribution is -2.30. The lowest BCUT2D eigenvalue weighted by molar-refractivity contribution is 0.0970. The van der Waals surface area contributed by atoms with Gasteiger partial charge in [-0.15, -0.1) is 0 Å². The predicted octanol–water partition coefficient (Wildman–Crippen LogP) is 4.39. The molecule has 2 aromatic carbocycles. The highest BCUT2D eigenvalue weighted by Crippen LogP contribution is 2.40. The Bertz CT molecular complexity index is 1310. The van der Waals surface area contributed by atoms with Crippen molar-refractivity contribution in [3.05, 3.63) is 105 Å². The molecule has 3 heterocycles. The quantitative estimate of drug-likeness (QED) is 0.513. The number of halogens is 1. The lowest BCUT2D eigenvalue weighted by atomic mass is 9.98. The standard InChI is InChI=1S/C23H15FN2O3/c1-13-5-10-17-16(12-13)21(27)19-20(14-6-8-15(24)9-7-14)26(23(28)22(19)29-17)18-4-2-3-11-25-18/h2-12,20H,1H3. The number of amides is 1. The summed E-state index contributed by atoms with van der Waals surface area (Å²) in [6.07, 6.45) is 1.57. The molecule has 0 aliphatic carbocycles. The molecule has 142 valence electrons. The first-order valence-electron chi connectivity index (χ1n) is 9.12. The summed E-state index contributed by atoms with van der Waals surface area (Å²) in [6, 6.07) is 15.4. The van der Waals surface area contributed by atoms with Crippen LogP contribution >= 0.6 is 0 Å². The van der Waals surface area contributed by atoms with E-state index in [-0.39, 0.29) is 16.8 Å². The number of carbonyl (C=O) groups excluding carboxylic acids is 1. The van der Waals surface area contributed by atoms with Crippen LogP contribution in [0.15, 0.2) is 76.1 Å². The summed E-state index contributed by atoms with van der Waals surface area (Å²) in [5.74, 6) is -0.472. The van der Waals surface area contributed by atoms with E-state index in [1.807, 2.05) is 13.0 Å². The first-order valence-corrected chi connectivity index (χ1v) is 9.12. The summed E-state index contributed by atoms with van der Waals surface area (Å²) in [5, 5.41) is 0.409. The number of fused-ring (bicyclic) bond motifs is 2. The summed E-state index contributed by atoms with van der Waals surface area (Å²) < 4.78 is 19.4. The monoisotopic (exact) mass is 386 g/mol. The molecule has 0 saturated carbocycles. The van der Waals surface area contributed by atoms with E-state index in [1.165, 1.54) is 17.0 Å². The van der Waals surface area contributed by atoms with Crippen molar-refractivity contribution in [1.82, 2.24) is 4.98 Å². The minimum Gasteiger partial charge on any atom is -0.450 e. The van der Waals surface area contributed by atoms with Crippen molar-refractivity contribution < 1.29 is 13.6 Å². The molecular weight excluding hydrogens is 371 g/mol. The van der Waals surface area contributed by atoms with Crippen LogP contribution < -0.4 is 10.3 Å². The Morgan fingerprint density at radius 1 is 1.03 bits per heavy atom. The van der Waals surface area contributed by atoms with Crippen molar-refractivity contribution in [2.75, 3.05) is 4.90 Å².